The number of Topliss-reactive ketones (excluding diaryl/α,β-unsaturated/α-hetero) is 1. The second kappa shape index (κ2) is 5.30. The molecule has 0 unspecified atom stereocenters. The van der Waals surface area contributed by atoms with Gasteiger partial charge in [0.1, 0.15) is 11.3 Å². The smallest absolute Gasteiger partial charge is 0.224 e. The van der Waals surface area contributed by atoms with Crippen molar-refractivity contribution in [2.75, 3.05) is 4.90 Å². The van der Waals surface area contributed by atoms with Crippen molar-refractivity contribution in [1.29, 1.82) is 0 Å². The van der Waals surface area contributed by atoms with Gasteiger partial charge in [0.25, 0.3) is 0 Å². The molecule has 0 N–H and O–H groups in total. The van der Waals surface area contributed by atoms with Gasteiger partial charge in [0.15, 0.2) is 5.78 Å². The molecule has 1 atom stereocenters. The maximum Gasteiger partial charge on any atom is 0.224 e. The van der Waals surface area contributed by atoms with E-state index in [0.717, 1.165) is 0 Å². The molecule has 0 saturated carbocycles. The Morgan fingerprint density at radius 3 is 2.73 bits per heavy atom. The van der Waals surface area contributed by atoms with E-state index in [9.17, 15) is 9.59 Å². The molecule has 0 spiro atoms. The van der Waals surface area contributed by atoms with Crippen LogP contribution in [0.3, 0.4) is 0 Å². The summed E-state index contributed by atoms with van der Waals surface area (Å²) in [6, 6.07) is 10.8. The highest BCUT2D eigenvalue weighted by molar-refractivity contribution is 6.20. The van der Waals surface area contributed by atoms with Crippen molar-refractivity contribution in [3.63, 3.8) is 0 Å². The van der Waals surface area contributed by atoms with Crippen LogP contribution in [0.15, 0.2) is 59.7 Å². The summed E-state index contributed by atoms with van der Waals surface area (Å²) in [5.41, 5.74) is 0.245. The minimum absolute atomic E-state index is 0.0606. The lowest BCUT2D eigenvalue weighted by Gasteiger charge is -2.35. The fraction of sp³-hybridized carbons (Fsp3) is 0.222. The van der Waals surface area contributed by atoms with Gasteiger partial charge in [-0.1, -0.05) is 18.2 Å². The number of amides is 1. The lowest BCUT2D eigenvalue weighted by atomic mass is 9.84. The molecule has 0 bridgehead atoms. The zero-order chi connectivity index (χ0) is 15.7. The van der Waals surface area contributed by atoms with Crippen LogP contribution in [0.1, 0.15) is 29.5 Å². The summed E-state index contributed by atoms with van der Waals surface area (Å²) in [7, 11) is 0. The van der Waals surface area contributed by atoms with Gasteiger partial charge < -0.3 is 4.42 Å². The van der Waals surface area contributed by atoms with Crippen LogP contribution in [0, 0.1) is 0 Å². The number of ketones is 1. The van der Waals surface area contributed by atoms with Gasteiger partial charge in [-0.25, -0.2) is 0 Å². The first-order chi connectivity index (χ1) is 10.6. The van der Waals surface area contributed by atoms with Crippen molar-refractivity contribution < 1.29 is 14.0 Å². The number of para-hydroxylation sites is 1. The Balaban J connectivity index is 2.17. The zero-order valence-corrected chi connectivity index (χ0v) is 12.4. The Kier molecular flexibility index (Phi) is 3.45. The van der Waals surface area contributed by atoms with Crippen LogP contribution in [0.4, 0.5) is 5.69 Å². The van der Waals surface area contributed by atoms with Crippen molar-refractivity contribution in [2.45, 2.75) is 25.3 Å². The summed E-state index contributed by atoms with van der Waals surface area (Å²) in [6.45, 7) is 5.25. The number of hydrogen-bond acceptors (Lipinski definition) is 3. The fourth-order valence-electron chi connectivity index (χ4n) is 3.27. The summed E-state index contributed by atoms with van der Waals surface area (Å²) in [4.78, 5) is 26.9. The third-order valence-electron chi connectivity index (χ3n) is 4.08. The van der Waals surface area contributed by atoms with E-state index in [-0.39, 0.29) is 11.7 Å². The van der Waals surface area contributed by atoms with Crippen LogP contribution in [0.5, 0.6) is 0 Å². The minimum Gasteiger partial charge on any atom is -0.469 e. The number of fused-ring (bicyclic) bond motifs is 1. The van der Waals surface area contributed by atoms with Gasteiger partial charge in [0, 0.05) is 18.9 Å². The fourth-order valence-corrected chi connectivity index (χ4v) is 3.27. The number of hydrogen-bond donors (Lipinski definition) is 0. The molecule has 0 saturated heterocycles. The third-order valence-corrected chi connectivity index (χ3v) is 4.08. The molecule has 1 aromatic heterocycles. The summed E-state index contributed by atoms with van der Waals surface area (Å²) in [5.74, 6) is 0.454. The highest BCUT2D eigenvalue weighted by Crippen LogP contribution is 2.43. The van der Waals surface area contributed by atoms with Gasteiger partial charge in [0.05, 0.1) is 12.0 Å². The topological polar surface area (TPSA) is 50.5 Å². The highest BCUT2D eigenvalue weighted by atomic mass is 16.3. The maximum atomic E-state index is 13.1. The first kappa shape index (κ1) is 14.3. The second-order valence-electron chi connectivity index (χ2n) is 5.48. The molecular weight excluding hydrogens is 278 g/mol. The molecule has 2 aromatic rings. The molecule has 22 heavy (non-hydrogen) atoms. The van der Waals surface area contributed by atoms with E-state index in [1.807, 2.05) is 24.3 Å². The predicted octanol–water partition coefficient (Wildman–Crippen LogP) is 3.39. The second-order valence-corrected chi connectivity index (χ2v) is 5.48. The minimum atomic E-state index is -0.991. The third kappa shape index (κ3) is 1.99. The highest BCUT2D eigenvalue weighted by Gasteiger charge is 2.52. The standard InChI is InChI=1S/C18H17NO3/c1-3-10-18(12-14-7-6-11-22-14)17(21)15-8-4-5-9-16(15)19(18)13(2)20/h3-9,11H,1,10,12H2,2H3/t18-/m1/s1. The van der Waals surface area contributed by atoms with Gasteiger partial charge in [-0.3, -0.25) is 14.5 Å². The van der Waals surface area contributed by atoms with E-state index in [4.69, 9.17) is 4.42 Å². The van der Waals surface area contributed by atoms with E-state index >= 15 is 0 Å². The monoisotopic (exact) mass is 295 g/mol. The van der Waals surface area contributed by atoms with Crippen LogP contribution in [0.2, 0.25) is 0 Å². The Bertz CT molecular complexity index is 733. The van der Waals surface area contributed by atoms with Crippen molar-refractivity contribution >= 4 is 17.4 Å². The lowest BCUT2D eigenvalue weighted by molar-refractivity contribution is -0.117. The van der Waals surface area contributed by atoms with E-state index in [2.05, 4.69) is 6.58 Å². The SMILES string of the molecule is C=CC[C@@]1(Cc2ccco2)C(=O)c2ccccc2N1C(C)=O. The van der Waals surface area contributed by atoms with E-state index in [0.29, 0.717) is 29.9 Å². The van der Waals surface area contributed by atoms with Crippen molar-refractivity contribution in [2.24, 2.45) is 0 Å². The summed E-state index contributed by atoms with van der Waals surface area (Å²) in [6.07, 6.45) is 3.96. The maximum absolute atomic E-state index is 13.1. The van der Waals surface area contributed by atoms with E-state index in [1.54, 1.807) is 29.4 Å². The lowest BCUT2D eigenvalue weighted by Crippen LogP contribution is -2.54. The largest absolute Gasteiger partial charge is 0.469 e. The van der Waals surface area contributed by atoms with Crippen molar-refractivity contribution in [1.82, 2.24) is 0 Å². The van der Waals surface area contributed by atoms with Gasteiger partial charge in [-0.15, -0.1) is 6.58 Å². The van der Waals surface area contributed by atoms with Gasteiger partial charge >= 0.3 is 0 Å². The molecule has 1 aliphatic heterocycles. The Labute approximate surface area is 129 Å². The molecule has 1 aromatic carbocycles. The van der Waals surface area contributed by atoms with Crippen LogP contribution in [-0.4, -0.2) is 17.2 Å². The average Bonchev–Trinajstić information content (AvgIpc) is 3.07. The molecule has 0 fully saturated rings. The van der Waals surface area contributed by atoms with Gasteiger partial charge in [-0.05, 0) is 30.7 Å². The molecule has 0 aliphatic carbocycles. The Morgan fingerprint density at radius 1 is 1.32 bits per heavy atom. The number of rotatable bonds is 4. The average molecular weight is 295 g/mol. The molecule has 4 nitrogen and oxygen atoms in total. The Hall–Kier alpha value is -2.62. The van der Waals surface area contributed by atoms with E-state index < -0.39 is 5.54 Å². The number of nitrogens with zero attached hydrogens (tertiary/aromatic N) is 1. The van der Waals surface area contributed by atoms with Gasteiger partial charge in [-0.2, -0.15) is 0 Å². The number of anilines is 1. The molecular formula is C18H17NO3. The van der Waals surface area contributed by atoms with Crippen LogP contribution >= 0.6 is 0 Å². The molecule has 1 aliphatic rings. The van der Waals surface area contributed by atoms with Crippen molar-refractivity contribution in [3.05, 3.63) is 66.6 Å². The molecule has 3 rings (SSSR count). The molecule has 0 radical (unpaired) electrons. The van der Waals surface area contributed by atoms with Crippen LogP contribution in [-0.2, 0) is 11.2 Å². The number of benzene rings is 1. The molecule has 1 amide bonds. The summed E-state index contributed by atoms with van der Waals surface area (Å²) < 4.78 is 5.42. The number of carbonyl (C=O) groups excluding carboxylic acids is 2. The van der Waals surface area contributed by atoms with E-state index in [1.165, 1.54) is 6.92 Å². The molecule has 4 heteroatoms. The van der Waals surface area contributed by atoms with Gasteiger partial charge in [0.2, 0.25) is 5.91 Å². The first-order valence-electron chi connectivity index (χ1n) is 7.18. The number of furan rings is 1. The zero-order valence-electron chi connectivity index (χ0n) is 12.4. The van der Waals surface area contributed by atoms with Crippen molar-refractivity contribution in [3.8, 4) is 0 Å². The van der Waals surface area contributed by atoms with Crippen LogP contribution < -0.4 is 4.90 Å². The molecule has 112 valence electrons. The Morgan fingerprint density at radius 2 is 2.09 bits per heavy atom. The summed E-state index contributed by atoms with van der Waals surface area (Å²) in [5, 5.41) is 0. The molecule has 2 heterocycles. The quantitative estimate of drug-likeness (QED) is 0.812. The summed E-state index contributed by atoms with van der Waals surface area (Å²) >= 11 is 0. The first-order valence-corrected chi connectivity index (χ1v) is 7.18. The normalized spacial score (nSPS) is 20.0. The number of carbonyl (C=O) groups is 2. The predicted molar refractivity (Wildman–Crippen MR) is 83.9 cm³/mol. The van der Waals surface area contributed by atoms with Crippen LogP contribution in [0.25, 0.3) is 0 Å².